The Hall–Kier alpha value is -1.82. The van der Waals surface area contributed by atoms with Gasteiger partial charge < -0.3 is 19.4 Å². The monoisotopic (exact) mass is 348 g/mol. The van der Waals surface area contributed by atoms with Crippen molar-refractivity contribution < 1.29 is 14.3 Å². The van der Waals surface area contributed by atoms with Gasteiger partial charge in [-0.1, -0.05) is 11.6 Å². The lowest BCUT2D eigenvalue weighted by Gasteiger charge is -2.23. The van der Waals surface area contributed by atoms with Gasteiger partial charge in [0.25, 0.3) is 5.91 Å². The summed E-state index contributed by atoms with van der Waals surface area (Å²) >= 11 is 6.23. The van der Waals surface area contributed by atoms with E-state index in [9.17, 15) is 4.79 Å². The summed E-state index contributed by atoms with van der Waals surface area (Å²) in [6, 6.07) is 9.58. The lowest BCUT2D eigenvalue weighted by molar-refractivity contribution is -0.0855. The number of aryl methyl sites for hydroxylation is 2. The third kappa shape index (κ3) is 3.64. The Morgan fingerprint density at radius 2 is 2.00 bits per heavy atom. The van der Waals surface area contributed by atoms with Gasteiger partial charge in [-0.05, 0) is 44.2 Å². The van der Waals surface area contributed by atoms with E-state index in [0.717, 1.165) is 17.1 Å². The number of hydrogen-bond acceptors (Lipinski definition) is 3. The highest BCUT2D eigenvalue weighted by molar-refractivity contribution is 6.33. The van der Waals surface area contributed by atoms with Gasteiger partial charge in [0.2, 0.25) is 0 Å². The van der Waals surface area contributed by atoms with Gasteiger partial charge in [0, 0.05) is 23.6 Å². The number of hydrogen-bond donors (Lipinski definition) is 1. The molecule has 1 aliphatic rings. The van der Waals surface area contributed by atoms with E-state index in [2.05, 4.69) is 9.88 Å². The molecule has 1 atom stereocenters. The highest BCUT2D eigenvalue weighted by atomic mass is 35.5. The fraction of sp³-hybridized carbons (Fsp3) is 0.389. The topological polar surface area (TPSA) is 52.5 Å². The van der Waals surface area contributed by atoms with E-state index in [1.807, 2.05) is 38.1 Å². The molecule has 2 aromatic rings. The van der Waals surface area contributed by atoms with Crippen LogP contribution in [0.5, 0.6) is 0 Å². The third-order valence-corrected chi connectivity index (χ3v) is 4.43. The second-order valence-corrected chi connectivity index (χ2v) is 6.30. The quantitative estimate of drug-likeness (QED) is 0.924. The molecule has 1 aromatic carbocycles. The van der Waals surface area contributed by atoms with Crippen molar-refractivity contribution in [2.24, 2.45) is 0 Å². The smallest absolute Gasteiger partial charge is 0.252 e. The van der Waals surface area contributed by atoms with Crippen LogP contribution in [0.4, 0.5) is 0 Å². The number of nitrogens with one attached hydrogen (secondary N) is 1. The fourth-order valence-corrected chi connectivity index (χ4v) is 3.06. The minimum absolute atomic E-state index is 0.112. The van der Waals surface area contributed by atoms with Gasteiger partial charge in [0.1, 0.15) is 0 Å². The summed E-state index contributed by atoms with van der Waals surface area (Å²) < 4.78 is 13.0. The molecule has 1 fully saturated rings. The van der Waals surface area contributed by atoms with E-state index in [4.69, 9.17) is 21.1 Å². The normalized spacial score (nSPS) is 17.7. The maximum absolute atomic E-state index is 12.5. The van der Waals surface area contributed by atoms with Crippen LogP contribution in [-0.2, 0) is 9.47 Å². The van der Waals surface area contributed by atoms with Crippen LogP contribution in [0, 0.1) is 13.8 Å². The van der Waals surface area contributed by atoms with Crippen LogP contribution < -0.4 is 5.32 Å². The predicted molar refractivity (Wildman–Crippen MR) is 93.1 cm³/mol. The number of amides is 1. The third-order valence-electron chi connectivity index (χ3n) is 4.10. The molecule has 0 bridgehead atoms. The van der Waals surface area contributed by atoms with Gasteiger partial charge in [0.15, 0.2) is 0 Å². The molecule has 1 amide bonds. The Morgan fingerprint density at radius 1 is 1.25 bits per heavy atom. The minimum atomic E-state index is -0.210. The van der Waals surface area contributed by atoms with Crippen molar-refractivity contribution >= 4 is 17.5 Å². The average Bonchev–Trinajstić information content (AvgIpc) is 2.93. The van der Waals surface area contributed by atoms with E-state index in [1.165, 1.54) is 0 Å². The number of benzene rings is 1. The van der Waals surface area contributed by atoms with Crippen molar-refractivity contribution in [2.45, 2.75) is 20.0 Å². The van der Waals surface area contributed by atoms with Gasteiger partial charge in [0.05, 0.1) is 36.5 Å². The zero-order valence-electron chi connectivity index (χ0n) is 13.8. The standard InChI is InChI=1S/C18H21ClN2O3/c1-12-3-4-13(2)21(12)14-5-6-17(19)16(9-14)18(22)20-10-15-11-23-7-8-24-15/h3-6,9,15H,7-8,10-11H2,1-2H3,(H,20,22)/t15-/m1/s1. The van der Waals surface area contributed by atoms with E-state index in [-0.39, 0.29) is 12.0 Å². The summed E-state index contributed by atoms with van der Waals surface area (Å²) in [4.78, 5) is 12.5. The molecule has 1 N–H and O–H groups in total. The van der Waals surface area contributed by atoms with Gasteiger partial charge >= 0.3 is 0 Å². The van der Waals surface area contributed by atoms with E-state index < -0.39 is 0 Å². The second-order valence-electron chi connectivity index (χ2n) is 5.89. The number of ether oxygens (including phenoxy) is 2. The maximum atomic E-state index is 12.5. The summed E-state index contributed by atoms with van der Waals surface area (Å²) in [7, 11) is 0. The van der Waals surface area contributed by atoms with Crippen LogP contribution in [-0.4, -0.2) is 42.9 Å². The number of rotatable bonds is 4. The fourth-order valence-electron chi connectivity index (χ4n) is 2.86. The molecule has 0 radical (unpaired) electrons. The van der Waals surface area contributed by atoms with Crippen molar-refractivity contribution in [3.63, 3.8) is 0 Å². The van der Waals surface area contributed by atoms with Gasteiger partial charge in [-0.15, -0.1) is 0 Å². The molecule has 5 nitrogen and oxygen atoms in total. The summed E-state index contributed by atoms with van der Waals surface area (Å²) in [5.74, 6) is -0.210. The Labute approximate surface area is 146 Å². The van der Waals surface area contributed by atoms with Crippen LogP contribution in [0.3, 0.4) is 0 Å². The number of carbonyl (C=O) groups is 1. The van der Waals surface area contributed by atoms with Gasteiger partial charge in [-0.3, -0.25) is 4.79 Å². The molecule has 128 valence electrons. The maximum Gasteiger partial charge on any atom is 0.252 e. The van der Waals surface area contributed by atoms with E-state index in [1.54, 1.807) is 6.07 Å². The van der Waals surface area contributed by atoms with Crippen molar-refractivity contribution in [1.82, 2.24) is 9.88 Å². The van der Waals surface area contributed by atoms with Crippen LogP contribution in [0.2, 0.25) is 5.02 Å². The average molecular weight is 349 g/mol. The highest BCUT2D eigenvalue weighted by Gasteiger charge is 2.18. The lowest BCUT2D eigenvalue weighted by Crippen LogP contribution is -2.39. The Kier molecular flexibility index (Phi) is 5.23. The molecule has 24 heavy (non-hydrogen) atoms. The lowest BCUT2D eigenvalue weighted by atomic mass is 10.1. The second kappa shape index (κ2) is 7.38. The summed E-state index contributed by atoms with van der Waals surface area (Å²) in [6.07, 6.45) is -0.112. The van der Waals surface area contributed by atoms with Crippen LogP contribution in [0.1, 0.15) is 21.7 Å². The van der Waals surface area contributed by atoms with Crippen molar-refractivity contribution in [3.8, 4) is 5.69 Å². The van der Waals surface area contributed by atoms with Crippen LogP contribution >= 0.6 is 11.6 Å². The zero-order chi connectivity index (χ0) is 17.1. The van der Waals surface area contributed by atoms with Crippen molar-refractivity contribution in [2.75, 3.05) is 26.4 Å². The molecule has 0 saturated carbocycles. The molecule has 0 aliphatic carbocycles. The largest absolute Gasteiger partial charge is 0.376 e. The molecular formula is C18H21ClN2O3. The van der Waals surface area contributed by atoms with Crippen LogP contribution in [0.15, 0.2) is 30.3 Å². The minimum Gasteiger partial charge on any atom is -0.376 e. The first-order chi connectivity index (χ1) is 11.6. The molecule has 0 spiro atoms. The summed E-state index contributed by atoms with van der Waals surface area (Å²) in [5.41, 5.74) is 3.59. The number of nitrogens with zero attached hydrogens (tertiary/aromatic N) is 1. The molecule has 0 unspecified atom stereocenters. The number of halogens is 1. The van der Waals surface area contributed by atoms with Crippen LogP contribution in [0.25, 0.3) is 5.69 Å². The SMILES string of the molecule is Cc1ccc(C)n1-c1ccc(Cl)c(C(=O)NC[C@@H]2COCCO2)c1. The predicted octanol–water partition coefficient (Wildman–Crippen LogP) is 2.89. The number of carbonyl (C=O) groups excluding carboxylic acids is 1. The Balaban J connectivity index is 1.77. The number of aromatic nitrogens is 1. The van der Waals surface area contributed by atoms with Gasteiger partial charge in [-0.2, -0.15) is 0 Å². The summed E-state index contributed by atoms with van der Waals surface area (Å²) in [5, 5.41) is 3.30. The molecule has 2 heterocycles. The molecule has 1 aliphatic heterocycles. The highest BCUT2D eigenvalue weighted by Crippen LogP contribution is 2.23. The van der Waals surface area contributed by atoms with Gasteiger partial charge in [-0.25, -0.2) is 0 Å². The van der Waals surface area contributed by atoms with Crippen molar-refractivity contribution in [3.05, 3.63) is 52.3 Å². The first kappa shape index (κ1) is 17.0. The Bertz CT molecular complexity index is 716. The summed E-state index contributed by atoms with van der Waals surface area (Å²) in [6.45, 7) is 6.12. The first-order valence-corrected chi connectivity index (χ1v) is 8.36. The Morgan fingerprint density at radius 3 is 2.67 bits per heavy atom. The van der Waals surface area contributed by atoms with E-state index >= 15 is 0 Å². The molecule has 3 rings (SSSR count). The first-order valence-electron chi connectivity index (χ1n) is 7.98. The van der Waals surface area contributed by atoms with E-state index in [0.29, 0.717) is 37.0 Å². The molecule has 6 heteroatoms. The molecular weight excluding hydrogens is 328 g/mol. The molecule has 1 aromatic heterocycles. The van der Waals surface area contributed by atoms with Crippen molar-refractivity contribution in [1.29, 1.82) is 0 Å². The molecule has 1 saturated heterocycles. The zero-order valence-corrected chi connectivity index (χ0v) is 14.6.